The van der Waals surface area contributed by atoms with E-state index in [1.807, 2.05) is 19.1 Å². The minimum Gasteiger partial charge on any atom is -0.495 e. The van der Waals surface area contributed by atoms with Gasteiger partial charge in [0, 0.05) is 23.3 Å². The van der Waals surface area contributed by atoms with E-state index in [2.05, 4.69) is 5.32 Å². The van der Waals surface area contributed by atoms with Gasteiger partial charge < -0.3 is 14.8 Å². The van der Waals surface area contributed by atoms with Crippen LogP contribution in [0, 0.1) is 0 Å². The third kappa shape index (κ3) is 4.12. The van der Waals surface area contributed by atoms with E-state index < -0.39 is 22.5 Å². The average Bonchev–Trinajstić information content (AvgIpc) is 2.82. The van der Waals surface area contributed by atoms with Crippen molar-refractivity contribution in [3.8, 4) is 22.6 Å². The largest absolute Gasteiger partial charge is 0.495 e. The summed E-state index contributed by atoms with van der Waals surface area (Å²) in [6.45, 7) is 1.62. The van der Waals surface area contributed by atoms with E-state index in [0.29, 0.717) is 33.5 Å². The second kappa shape index (κ2) is 8.96. The molecule has 1 aliphatic rings. The Labute approximate surface area is 197 Å². The van der Waals surface area contributed by atoms with E-state index in [1.54, 1.807) is 30.3 Å². The van der Waals surface area contributed by atoms with Gasteiger partial charge in [-0.15, -0.1) is 0 Å². The van der Waals surface area contributed by atoms with Gasteiger partial charge in [0.1, 0.15) is 18.0 Å². The Kier molecular flexibility index (Phi) is 6.23. The average molecular weight is 487 g/mol. The lowest BCUT2D eigenvalue weighted by Crippen LogP contribution is -2.40. The molecule has 0 saturated carbocycles. The summed E-state index contributed by atoms with van der Waals surface area (Å²) >= 11 is 6.13. The van der Waals surface area contributed by atoms with Crippen LogP contribution in [0.15, 0.2) is 59.5 Å². The van der Waals surface area contributed by atoms with Crippen LogP contribution in [0.2, 0.25) is 5.02 Å². The summed E-state index contributed by atoms with van der Waals surface area (Å²) in [5, 5.41) is 3.04. The fraction of sp³-hybridized carbons (Fsp3) is 0.208. The summed E-state index contributed by atoms with van der Waals surface area (Å²) in [4.78, 5) is 13.2. The lowest BCUT2D eigenvalue weighted by molar-refractivity contribution is -0.114. The van der Waals surface area contributed by atoms with Crippen molar-refractivity contribution in [2.75, 3.05) is 30.4 Å². The summed E-state index contributed by atoms with van der Waals surface area (Å²) in [5.41, 5.74) is 3.26. The van der Waals surface area contributed by atoms with Crippen molar-refractivity contribution in [3.05, 3.63) is 65.2 Å². The van der Waals surface area contributed by atoms with Gasteiger partial charge in [-0.05, 0) is 30.2 Å². The number of hydrogen-bond acceptors (Lipinski definition) is 5. The highest BCUT2D eigenvalue weighted by molar-refractivity contribution is 7.93. The summed E-state index contributed by atoms with van der Waals surface area (Å²) in [5.74, 6) is 0.143. The number of carbonyl (C=O) groups is 1. The standard InChI is InChI=1S/C24H23ClN2O5S/c1-4-15-9-10-20-17(11-15)16-7-5-6-8-23(16)33(29,30)27(20)14-24(28)26-19-13-21(31-2)18(25)12-22(19)32-3/h5-13H,4,14H2,1-3H3,(H,26,28). The Morgan fingerprint density at radius 3 is 2.42 bits per heavy atom. The molecule has 0 bridgehead atoms. The van der Waals surface area contributed by atoms with Crippen molar-refractivity contribution in [1.82, 2.24) is 0 Å². The van der Waals surface area contributed by atoms with Crippen molar-refractivity contribution < 1.29 is 22.7 Å². The van der Waals surface area contributed by atoms with Crippen molar-refractivity contribution in [1.29, 1.82) is 0 Å². The Morgan fingerprint density at radius 1 is 1.00 bits per heavy atom. The molecule has 7 nitrogen and oxygen atoms in total. The van der Waals surface area contributed by atoms with E-state index in [0.717, 1.165) is 21.9 Å². The Morgan fingerprint density at radius 2 is 1.73 bits per heavy atom. The molecular weight excluding hydrogens is 464 g/mol. The van der Waals surface area contributed by atoms with Gasteiger partial charge in [-0.3, -0.25) is 9.10 Å². The van der Waals surface area contributed by atoms with Crippen LogP contribution < -0.4 is 19.1 Å². The minimum atomic E-state index is -3.94. The number of aryl methyl sites for hydroxylation is 1. The number of ether oxygens (including phenoxy) is 2. The molecule has 3 aromatic carbocycles. The van der Waals surface area contributed by atoms with Gasteiger partial charge in [0.05, 0.1) is 35.5 Å². The van der Waals surface area contributed by atoms with Gasteiger partial charge in [-0.25, -0.2) is 8.42 Å². The molecule has 0 spiro atoms. The normalized spacial score (nSPS) is 13.6. The second-order valence-corrected chi connectivity index (χ2v) is 9.69. The first-order valence-electron chi connectivity index (χ1n) is 10.3. The van der Waals surface area contributed by atoms with Crippen molar-refractivity contribution in [2.24, 2.45) is 0 Å². The zero-order chi connectivity index (χ0) is 23.8. The molecule has 33 heavy (non-hydrogen) atoms. The Hall–Kier alpha value is -3.23. The number of fused-ring (bicyclic) bond motifs is 3. The quantitative estimate of drug-likeness (QED) is 0.544. The SMILES string of the molecule is CCc1ccc2c(c1)-c1ccccc1S(=O)(=O)N2CC(=O)Nc1cc(OC)c(Cl)cc1OC. The number of nitrogens with one attached hydrogen (secondary N) is 1. The van der Waals surface area contributed by atoms with Gasteiger partial charge in [-0.1, -0.05) is 42.8 Å². The maximum Gasteiger partial charge on any atom is 0.265 e. The van der Waals surface area contributed by atoms with Crippen molar-refractivity contribution >= 4 is 38.9 Å². The van der Waals surface area contributed by atoms with Crippen molar-refractivity contribution in [3.63, 3.8) is 0 Å². The second-order valence-electron chi connectivity index (χ2n) is 7.45. The molecular formula is C24H23ClN2O5S. The van der Waals surface area contributed by atoms with Crippen LogP contribution >= 0.6 is 11.6 Å². The molecule has 0 saturated heterocycles. The molecule has 4 rings (SSSR count). The minimum absolute atomic E-state index is 0.171. The monoisotopic (exact) mass is 486 g/mol. The fourth-order valence-corrected chi connectivity index (χ4v) is 5.73. The maximum absolute atomic E-state index is 13.5. The van der Waals surface area contributed by atoms with Crippen LogP contribution in [0.3, 0.4) is 0 Å². The Bertz CT molecular complexity index is 1340. The summed E-state index contributed by atoms with van der Waals surface area (Å²) < 4.78 is 38.6. The Balaban J connectivity index is 1.72. The highest BCUT2D eigenvalue weighted by Crippen LogP contribution is 2.43. The smallest absolute Gasteiger partial charge is 0.265 e. The first-order chi connectivity index (χ1) is 15.8. The molecule has 0 radical (unpaired) electrons. The van der Waals surface area contributed by atoms with Crippen LogP contribution in [-0.2, 0) is 21.2 Å². The number of sulfonamides is 1. The number of amides is 1. The lowest BCUT2D eigenvalue weighted by Gasteiger charge is -2.32. The van der Waals surface area contributed by atoms with E-state index >= 15 is 0 Å². The number of hydrogen-bond donors (Lipinski definition) is 1. The summed E-state index contributed by atoms with van der Waals surface area (Å²) in [6, 6.07) is 15.5. The zero-order valence-electron chi connectivity index (χ0n) is 18.4. The zero-order valence-corrected chi connectivity index (χ0v) is 20.0. The van der Waals surface area contributed by atoms with Gasteiger partial charge >= 0.3 is 0 Å². The number of halogens is 1. The van der Waals surface area contributed by atoms with E-state index in [4.69, 9.17) is 21.1 Å². The maximum atomic E-state index is 13.5. The van der Waals surface area contributed by atoms with Gasteiger partial charge in [0.15, 0.2) is 0 Å². The van der Waals surface area contributed by atoms with Crippen LogP contribution in [-0.4, -0.2) is 35.1 Å². The topological polar surface area (TPSA) is 84.9 Å². The van der Waals surface area contributed by atoms with Crippen LogP contribution in [0.5, 0.6) is 11.5 Å². The lowest BCUT2D eigenvalue weighted by atomic mass is 9.99. The van der Waals surface area contributed by atoms with Gasteiger partial charge in [0.25, 0.3) is 10.0 Å². The number of carbonyl (C=O) groups excluding carboxylic acids is 1. The van der Waals surface area contributed by atoms with Gasteiger partial charge in [-0.2, -0.15) is 0 Å². The van der Waals surface area contributed by atoms with E-state index in [-0.39, 0.29) is 4.90 Å². The predicted octanol–water partition coefficient (Wildman–Crippen LogP) is 4.73. The van der Waals surface area contributed by atoms with Crippen LogP contribution in [0.1, 0.15) is 12.5 Å². The molecule has 1 amide bonds. The molecule has 3 aromatic rings. The third-order valence-corrected chi connectivity index (χ3v) is 7.63. The van der Waals surface area contributed by atoms with Crippen LogP contribution in [0.25, 0.3) is 11.1 Å². The molecule has 1 aliphatic heterocycles. The third-order valence-electron chi connectivity index (χ3n) is 5.52. The number of nitrogens with zero attached hydrogens (tertiary/aromatic N) is 1. The van der Waals surface area contributed by atoms with E-state index in [9.17, 15) is 13.2 Å². The first-order valence-corrected chi connectivity index (χ1v) is 12.1. The molecule has 0 aromatic heterocycles. The molecule has 172 valence electrons. The number of rotatable bonds is 6. The summed E-state index contributed by atoms with van der Waals surface area (Å²) in [7, 11) is -1.04. The highest BCUT2D eigenvalue weighted by Gasteiger charge is 2.36. The molecule has 0 fully saturated rings. The number of methoxy groups -OCH3 is 2. The molecule has 0 unspecified atom stereocenters. The first kappa shape index (κ1) is 22.9. The predicted molar refractivity (Wildman–Crippen MR) is 129 cm³/mol. The molecule has 9 heteroatoms. The van der Waals surface area contributed by atoms with E-state index in [1.165, 1.54) is 26.4 Å². The highest BCUT2D eigenvalue weighted by atomic mass is 35.5. The number of benzene rings is 3. The molecule has 1 heterocycles. The molecule has 0 atom stereocenters. The number of anilines is 2. The molecule has 1 N–H and O–H groups in total. The fourth-order valence-electron chi connectivity index (χ4n) is 3.85. The van der Waals surface area contributed by atoms with Crippen LogP contribution in [0.4, 0.5) is 11.4 Å². The van der Waals surface area contributed by atoms with Gasteiger partial charge in [0.2, 0.25) is 5.91 Å². The summed E-state index contributed by atoms with van der Waals surface area (Å²) in [6.07, 6.45) is 0.806. The molecule has 0 aliphatic carbocycles. The van der Waals surface area contributed by atoms with Crippen molar-refractivity contribution in [2.45, 2.75) is 18.2 Å².